The lowest BCUT2D eigenvalue weighted by atomic mass is 9.79. The maximum atomic E-state index is 12.0. The molecule has 1 saturated heterocycles. The van der Waals surface area contributed by atoms with Crippen molar-refractivity contribution in [3.8, 4) is 0 Å². The van der Waals surface area contributed by atoms with Crippen molar-refractivity contribution >= 4 is 11.9 Å². The standard InChI is InChI=1S/C19H27N3O2/c1-3-15(12-14-6-4-13(2)5-7-14)20-16-8-10-19(11-9-16)17(23)21-18(24)22-19/h4-7,15-16,20H,3,8-12H2,1-2H3,(H2,21,22,23,24)/t15-,16?,19?/m1/s1. The van der Waals surface area contributed by atoms with Crippen molar-refractivity contribution in [2.75, 3.05) is 0 Å². The summed E-state index contributed by atoms with van der Waals surface area (Å²) in [6, 6.07) is 9.23. The number of rotatable bonds is 5. The molecule has 1 heterocycles. The van der Waals surface area contributed by atoms with Gasteiger partial charge in [0.15, 0.2) is 0 Å². The molecule has 1 atom stereocenters. The largest absolute Gasteiger partial charge is 0.323 e. The smallest absolute Gasteiger partial charge is 0.322 e. The molecule has 3 rings (SSSR count). The third-order valence-corrected chi connectivity index (χ3v) is 5.42. The average Bonchev–Trinajstić information content (AvgIpc) is 2.84. The van der Waals surface area contributed by atoms with Crippen LogP contribution < -0.4 is 16.0 Å². The molecule has 1 aliphatic carbocycles. The number of nitrogens with one attached hydrogen (secondary N) is 3. The molecule has 130 valence electrons. The van der Waals surface area contributed by atoms with Gasteiger partial charge in [0.05, 0.1) is 0 Å². The lowest BCUT2D eigenvalue weighted by molar-refractivity contribution is -0.125. The molecule has 0 unspecified atom stereocenters. The maximum absolute atomic E-state index is 12.0. The number of carbonyl (C=O) groups excluding carboxylic acids is 2. The second kappa shape index (κ2) is 6.93. The molecule has 1 aliphatic heterocycles. The van der Waals surface area contributed by atoms with E-state index in [0.717, 1.165) is 25.7 Å². The average molecular weight is 329 g/mol. The Balaban J connectivity index is 1.53. The predicted molar refractivity (Wildman–Crippen MR) is 93.8 cm³/mol. The first-order valence-electron chi connectivity index (χ1n) is 8.96. The van der Waals surface area contributed by atoms with Crippen molar-refractivity contribution in [1.82, 2.24) is 16.0 Å². The van der Waals surface area contributed by atoms with Crippen molar-refractivity contribution in [3.05, 3.63) is 35.4 Å². The first-order valence-corrected chi connectivity index (χ1v) is 8.96. The Kier molecular flexibility index (Phi) is 4.90. The topological polar surface area (TPSA) is 70.2 Å². The van der Waals surface area contributed by atoms with E-state index in [9.17, 15) is 9.59 Å². The first-order chi connectivity index (χ1) is 11.5. The quantitative estimate of drug-likeness (QED) is 0.727. The molecule has 2 fully saturated rings. The van der Waals surface area contributed by atoms with Crippen molar-refractivity contribution in [2.45, 2.75) is 70.0 Å². The van der Waals surface area contributed by atoms with Crippen LogP contribution in [0.25, 0.3) is 0 Å². The van der Waals surface area contributed by atoms with Gasteiger partial charge in [-0.15, -0.1) is 0 Å². The van der Waals surface area contributed by atoms with Gasteiger partial charge in [-0.2, -0.15) is 0 Å². The fourth-order valence-electron chi connectivity index (χ4n) is 3.82. The highest BCUT2D eigenvalue weighted by molar-refractivity contribution is 6.07. The Hall–Kier alpha value is -1.88. The van der Waals surface area contributed by atoms with Crippen LogP contribution >= 0.6 is 0 Å². The minimum Gasteiger partial charge on any atom is -0.323 e. The summed E-state index contributed by atoms with van der Waals surface area (Å²) in [7, 11) is 0. The van der Waals surface area contributed by atoms with E-state index in [4.69, 9.17) is 0 Å². The molecule has 0 radical (unpaired) electrons. The van der Waals surface area contributed by atoms with E-state index < -0.39 is 5.54 Å². The Morgan fingerprint density at radius 3 is 2.42 bits per heavy atom. The summed E-state index contributed by atoms with van der Waals surface area (Å²) in [5.74, 6) is -0.155. The Bertz CT molecular complexity index is 604. The third kappa shape index (κ3) is 3.61. The van der Waals surface area contributed by atoms with E-state index in [1.165, 1.54) is 11.1 Å². The van der Waals surface area contributed by atoms with E-state index in [1.54, 1.807) is 0 Å². The molecule has 1 aromatic rings. The molecule has 1 saturated carbocycles. The molecule has 3 amide bonds. The Labute approximate surface area is 143 Å². The zero-order valence-electron chi connectivity index (χ0n) is 14.5. The van der Waals surface area contributed by atoms with E-state index in [0.29, 0.717) is 24.9 Å². The molecular formula is C19H27N3O2. The van der Waals surface area contributed by atoms with Gasteiger partial charge >= 0.3 is 6.03 Å². The van der Waals surface area contributed by atoms with Gasteiger partial charge in [-0.25, -0.2) is 4.79 Å². The number of carbonyl (C=O) groups is 2. The van der Waals surface area contributed by atoms with Crippen LogP contribution in [0.1, 0.15) is 50.2 Å². The summed E-state index contributed by atoms with van der Waals surface area (Å²) >= 11 is 0. The summed E-state index contributed by atoms with van der Waals surface area (Å²) < 4.78 is 0. The van der Waals surface area contributed by atoms with Gasteiger partial charge in [-0.3, -0.25) is 10.1 Å². The summed E-state index contributed by atoms with van der Waals surface area (Å²) in [4.78, 5) is 23.4. The van der Waals surface area contributed by atoms with Gasteiger partial charge < -0.3 is 10.6 Å². The van der Waals surface area contributed by atoms with Gasteiger partial charge in [0.2, 0.25) is 0 Å². The second-order valence-electron chi connectivity index (χ2n) is 7.23. The van der Waals surface area contributed by atoms with E-state index in [2.05, 4.69) is 54.1 Å². The number of urea groups is 1. The van der Waals surface area contributed by atoms with Gasteiger partial charge in [0, 0.05) is 12.1 Å². The molecule has 5 heteroatoms. The summed E-state index contributed by atoms with van der Waals surface area (Å²) in [5.41, 5.74) is 1.98. The molecule has 1 aromatic carbocycles. The molecule has 5 nitrogen and oxygen atoms in total. The van der Waals surface area contributed by atoms with Crippen LogP contribution in [0.4, 0.5) is 4.79 Å². The van der Waals surface area contributed by atoms with Crippen molar-refractivity contribution < 1.29 is 9.59 Å². The van der Waals surface area contributed by atoms with Crippen molar-refractivity contribution in [3.63, 3.8) is 0 Å². The molecule has 3 N–H and O–H groups in total. The summed E-state index contributed by atoms with van der Waals surface area (Å²) in [6.45, 7) is 4.32. The molecule has 1 spiro atoms. The zero-order valence-corrected chi connectivity index (χ0v) is 14.5. The van der Waals surface area contributed by atoms with Crippen LogP contribution in [0.2, 0.25) is 0 Å². The lowest BCUT2D eigenvalue weighted by Gasteiger charge is -2.36. The van der Waals surface area contributed by atoms with Crippen molar-refractivity contribution in [1.29, 1.82) is 0 Å². The highest BCUT2D eigenvalue weighted by Crippen LogP contribution is 2.31. The Morgan fingerprint density at radius 2 is 1.88 bits per heavy atom. The minimum atomic E-state index is -0.659. The van der Waals surface area contributed by atoms with E-state index in [1.807, 2.05) is 0 Å². The monoisotopic (exact) mass is 329 g/mol. The lowest BCUT2D eigenvalue weighted by Crippen LogP contribution is -2.53. The Morgan fingerprint density at radius 1 is 1.21 bits per heavy atom. The van der Waals surface area contributed by atoms with Crippen LogP contribution in [0.15, 0.2) is 24.3 Å². The number of benzene rings is 1. The maximum Gasteiger partial charge on any atom is 0.322 e. The SMILES string of the molecule is CC[C@H](Cc1ccc(C)cc1)NC1CCC2(CC1)NC(=O)NC2=O. The van der Waals surface area contributed by atoms with Gasteiger partial charge in [-0.05, 0) is 51.0 Å². The predicted octanol–water partition coefficient (Wildman–Crippen LogP) is 2.43. The van der Waals surface area contributed by atoms with Crippen LogP contribution in [-0.2, 0) is 11.2 Å². The number of aryl methyl sites for hydroxylation is 1. The van der Waals surface area contributed by atoms with E-state index >= 15 is 0 Å². The van der Waals surface area contributed by atoms with Gasteiger partial charge in [-0.1, -0.05) is 36.8 Å². The van der Waals surface area contributed by atoms with Crippen molar-refractivity contribution in [2.24, 2.45) is 0 Å². The highest BCUT2D eigenvalue weighted by atomic mass is 16.2. The third-order valence-electron chi connectivity index (χ3n) is 5.42. The molecular weight excluding hydrogens is 302 g/mol. The van der Waals surface area contributed by atoms with Crippen LogP contribution in [0, 0.1) is 6.92 Å². The number of imide groups is 1. The van der Waals surface area contributed by atoms with Crippen LogP contribution in [-0.4, -0.2) is 29.6 Å². The first kappa shape index (κ1) is 17.0. The van der Waals surface area contributed by atoms with Gasteiger partial charge in [0.25, 0.3) is 5.91 Å². The number of amides is 3. The zero-order chi connectivity index (χ0) is 17.2. The van der Waals surface area contributed by atoms with Gasteiger partial charge in [0.1, 0.15) is 5.54 Å². The van der Waals surface area contributed by atoms with E-state index in [-0.39, 0.29) is 11.9 Å². The number of hydrogen-bond donors (Lipinski definition) is 3. The highest BCUT2D eigenvalue weighted by Gasteiger charge is 2.48. The van der Waals surface area contributed by atoms with Crippen LogP contribution in [0.3, 0.4) is 0 Å². The second-order valence-corrected chi connectivity index (χ2v) is 7.23. The summed E-state index contributed by atoms with van der Waals surface area (Å²) in [5, 5.41) is 8.95. The molecule has 24 heavy (non-hydrogen) atoms. The van der Waals surface area contributed by atoms with Crippen LogP contribution in [0.5, 0.6) is 0 Å². The fraction of sp³-hybridized carbons (Fsp3) is 0.579. The normalized spacial score (nSPS) is 27.8. The summed E-state index contributed by atoms with van der Waals surface area (Å²) in [6.07, 6.45) is 5.35. The molecule has 0 bridgehead atoms. The minimum absolute atomic E-state index is 0.155. The fourth-order valence-corrected chi connectivity index (χ4v) is 3.82. The molecule has 0 aromatic heterocycles. The molecule has 2 aliphatic rings. The number of hydrogen-bond acceptors (Lipinski definition) is 3.